The van der Waals surface area contributed by atoms with E-state index >= 15 is 0 Å². The summed E-state index contributed by atoms with van der Waals surface area (Å²) in [5, 5.41) is 11.0. The van der Waals surface area contributed by atoms with Crippen LogP contribution < -0.4 is 5.73 Å². The van der Waals surface area contributed by atoms with Crippen molar-refractivity contribution in [3.8, 4) is 0 Å². The Morgan fingerprint density at radius 2 is 2.19 bits per heavy atom. The van der Waals surface area contributed by atoms with E-state index < -0.39 is 5.60 Å². The lowest BCUT2D eigenvalue weighted by molar-refractivity contribution is -0.0852. The van der Waals surface area contributed by atoms with E-state index in [1.165, 1.54) is 0 Å². The van der Waals surface area contributed by atoms with Gasteiger partial charge in [-0.1, -0.05) is 33.6 Å². The molecular weight excluding hydrogens is 289 g/mol. The van der Waals surface area contributed by atoms with Crippen LogP contribution in [0.1, 0.15) is 25.3 Å². The predicted octanol–water partition coefficient (Wildman–Crippen LogP) is 3.05. The zero-order valence-electron chi connectivity index (χ0n) is 9.08. The van der Waals surface area contributed by atoms with Crippen LogP contribution in [0.4, 0.5) is 0 Å². The summed E-state index contributed by atoms with van der Waals surface area (Å²) in [6.45, 7) is 1.98. The molecule has 0 bridgehead atoms. The second-order valence-corrected chi connectivity index (χ2v) is 6.01. The molecule has 1 aliphatic rings. The lowest BCUT2D eigenvalue weighted by Crippen LogP contribution is -2.47. The van der Waals surface area contributed by atoms with Crippen molar-refractivity contribution < 1.29 is 5.11 Å². The maximum absolute atomic E-state index is 10.4. The van der Waals surface area contributed by atoms with E-state index in [2.05, 4.69) is 15.9 Å². The fourth-order valence-corrected chi connectivity index (χ4v) is 3.12. The number of aliphatic hydroxyl groups is 1. The molecule has 1 aliphatic carbocycles. The fourth-order valence-electron chi connectivity index (χ4n) is 2.27. The van der Waals surface area contributed by atoms with Gasteiger partial charge in [0.2, 0.25) is 0 Å². The van der Waals surface area contributed by atoms with Crippen LogP contribution >= 0.6 is 27.5 Å². The topological polar surface area (TPSA) is 46.2 Å². The largest absolute Gasteiger partial charge is 0.385 e. The van der Waals surface area contributed by atoms with E-state index in [0.29, 0.717) is 23.8 Å². The molecule has 0 amide bonds. The number of hydrogen-bond acceptors (Lipinski definition) is 2. The van der Waals surface area contributed by atoms with Crippen molar-refractivity contribution in [1.82, 2.24) is 0 Å². The van der Waals surface area contributed by atoms with Crippen LogP contribution in [0.3, 0.4) is 0 Å². The van der Waals surface area contributed by atoms with Crippen molar-refractivity contribution >= 4 is 27.5 Å². The summed E-state index contributed by atoms with van der Waals surface area (Å²) in [5.41, 5.74) is 5.84. The van der Waals surface area contributed by atoms with Crippen LogP contribution in [0.25, 0.3) is 0 Å². The third-order valence-corrected chi connectivity index (χ3v) is 4.18. The average Bonchev–Trinajstić information content (AvgIpc) is 2.12. The summed E-state index contributed by atoms with van der Waals surface area (Å²) in [6, 6.07) is 5.73. The molecule has 4 heteroatoms. The second kappa shape index (κ2) is 4.30. The molecule has 0 spiro atoms. The van der Waals surface area contributed by atoms with Gasteiger partial charge in [-0.15, -0.1) is 0 Å². The first-order valence-electron chi connectivity index (χ1n) is 5.36. The average molecular weight is 305 g/mol. The van der Waals surface area contributed by atoms with E-state index in [0.717, 1.165) is 10.0 Å². The van der Waals surface area contributed by atoms with E-state index in [1.54, 1.807) is 0 Å². The standard InChI is InChI=1S/C12H15BrClNO/c1-7(15)8-5-12(16,6-8)10-3-2-9(13)4-11(10)14/h2-4,7-8,16H,5-6,15H2,1H3. The van der Waals surface area contributed by atoms with E-state index in [1.807, 2.05) is 25.1 Å². The molecule has 16 heavy (non-hydrogen) atoms. The second-order valence-electron chi connectivity index (χ2n) is 4.68. The lowest BCUT2D eigenvalue weighted by atomic mass is 9.65. The molecule has 88 valence electrons. The van der Waals surface area contributed by atoms with E-state index in [9.17, 15) is 5.11 Å². The number of rotatable bonds is 2. The fraction of sp³-hybridized carbons (Fsp3) is 0.500. The Hall–Kier alpha value is -0.0900. The van der Waals surface area contributed by atoms with Crippen molar-refractivity contribution in [1.29, 1.82) is 0 Å². The van der Waals surface area contributed by atoms with Crippen molar-refractivity contribution in [3.63, 3.8) is 0 Å². The zero-order valence-corrected chi connectivity index (χ0v) is 11.4. The van der Waals surface area contributed by atoms with Crippen molar-refractivity contribution in [3.05, 3.63) is 33.3 Å². The number of halogens is 2. The van der Waals surface area contributed by atoms with E-state index in [-0.39, 0.29) is 6.04 Å². The van der Waals surface area contributed by atoms with E-state index in [4.69, 9.17) is 17.3 Å². The molecule has 0 aromatic heterocycles. The van der Waals surface area contributed by atoms with Crippen LogP contribution in [0, 0.1) is 5.92 Å². The van der Waals surface area contributed by atoms with Gasteiger partial charge in [0.15, 0.2) is 0 Å². The third-order valence-electron chi connectivity index (χ3n) is 3.38. The van der Waals surface area contributed by atoms with Gasteiger partial charge in [-0.25, -0.2) is 0 Å². The quantitative estimate of drug-likeness (QED) is 0.882. The molecule has 0 heterocycles. The number of nitrogens with two attached hydrogens (primary N) is 1. The van der Waals surface area contributed by atoms with Gasteiger partial charge < -0.3 is 10.8 Å². The third kappa shape index (κ3) is 2.14. The Labute approximate surface area is 109 Å². The molecule has 2 rings (SSSR count). The summed E-state index contributed by atoms with van der Waals surface area (Å²) in [6.07, 6.45) is 1.40. The van der Waals surface area contributed by atoms with Gasteiger partial charge in [-0.2, -0.15) is 0 Å². The summed E-state index contributed by atoms with van der Waals surface area (Å²) < 4.78 is 0.924. The van der Waals surface area contributed by atoms with Crippen molar-refractivity contribution in [2.75, 3.05) is 0 Å². The van der Waals surface area contributed by atoms with Gasteiger partial charge in [0.25, 0.3) is 0 Å². The Bertz CT molecular complexity index is 402. The van der Waals surface area contributed by atoms with Crippen molar-refractivity contribution in [2.24, 2.45) is 11.7 Å². The van der Waals surface area contributed by atoms with Gasteiger partial charge in [0, 0.05) is 21.1 Å². The molecule has 0 aliphatic heterocycles. The first-order chi connectivity index (χ1) is 7.42. The van der Waals surface area contributed by atoms with Crippen LogP contribution in [-0.4, -0.2) is 11.1 Å². The Morgan fingerprint density at radius 1 is 1.56 bits per heavy atom. The highest BCUT2D eigenvalue weighted by molar-refractivity contribution is 9.10. The minimum absolute atomic E-state index is 0.134. The monoisotopic (exact) mass is 303 g/mol. The van der Waals surface area contributed by atoms with Crippen molar-refractivity contribution in [2.45, 2.75) is 31.4 Å². The van der Waals surface area contributed by atoms with Gasteiger partial charge >= 0.3 is 0 Å². The Balaban J connectivity index is 2.20. The predicted molar refractivity (Wildman–Crippen MR) is 69.4 cm³/mol. The first kappa shape index (κ1) is 12.4. The number of hydrogen-bond donors (Lipinski definition) is 2. The first-order valence-corrected chi connectivity index (χ1v) is 6.53. The summed E-state index contributed by atoms with van der Waals surface area (Å²) >= 11 is 9.48. The summed E-state index contributed by atoms with van der Waals surface area (Å²) in [7, 11) is 0. The van der Waals surface area contributed by atoms with Crippen LogP contribution in [-0.2, 0) is 5.60 Å². The zero-order chi connectivity index (χ0) is 11.9. The maximum atomic E-state index is 10.4. The molecule has 1 unspecified atom stereocenters. The van der Waals surface area contributed by atoms with Gasteiger partial charge in [-0.3, -0.25) is 0 Å². The highest BCUT2D eigenvalue weighted by Crippen LogP contribution is 2.48. The van der Waals surface area contributed by atoms with Gasteiger partial charge in [-0.05, 0) is 37.8 Å². The minimum atomic E-state index is -0.782. The van der Waals surface area contributed by atoms with Crippen LogP contribution in [0.5, 0.6) is 0 Å². The van der Waals surface area contributed by atoms with Crippen LogP contribution in [0.2, 0.25) is 5.02 Å². The molecule has 2 nitrogen and oxygen atoms in total. The number of benzene rings is 1. The molecule has 1 saturated carbocycles. The summed E-state index contributed by atoms with van der Waals surface area (Å²) in [5.74, 6) is 0.393. The molecular formula is C12H15BrClNO. The molecule has 0 saturated heterocycles. The molecule has 0 radical (unpaired) electrons. The highest BCUT2D eigenvalue weighted by Gasteiger charge is 2.46. The maximum Gasteiger partial charge on any atom is 0.0917 e. The summed E-state index contributed by atoms with van der Waals surface area (Å²) in [4.78, 5) is 0. The van der Waals surface area contributed by atoms with Gasteiger partial charge in [0.05, 0.1) is 5.60 Å². The Morgan fingerprint density at radius 3 is 2.69 bits per heavy atom. The molecule has 1 atom stereocenters. The SMILES string of the molecule is CC(N)C1CC(O)(c2ccc(Br)cc2Cl)C1. The molecule has 1 aromatic carbocycles. The molecule has 3 N–H and O–H groups in total. The Kier molecular flexibility index (Phi) is 3.32. The minimum Gasteiger partial charge on any atom is -0.385 e. The molecule has 1 fully saturated rings. The molecule has 1 aromatic rings. The van der Waals surface area contributed by atoms with Gasteiger partial charge in [0.1, 0.15) is 0 Å². The lowest BCUT2D eigenvalue weighted by Gasteiger charge is -2.46. The normalized spacial score (nSPS) is 30.9. The smallest absolute Gasteiger partial charge is 0.0917 e. The highest BCUT2D eigenvalue weighted by atomic mass is 79.9. The van der Waals surface area contributed by atoms with Crippen LogP contribution in [0.15, 0.2) is 22.7 Å².